The zero-order valence-corrected chi connectivity index (χ0v) is 11.3. The quantitative estimate of drug-likeness (QED) is 0.104. The molecule has 0 aromatic heterocycles. The Morgan fingerprint density at radius 3 is 1.81 bits per heavy atom. The van der Waals surface area contributed by atoms with Crippen molar-refractivity contribution in [3.05, 3.63) is 0 Å². The van der Waals surface area contributed by atoms with Gasteiger partial charge in [0.05, 0.1) is 12.8 Å². The summed E-state index contributed by atoms with van der Waals surface area (Å²) in [5.74, 6) is -0.575. The van der Waals surface area contributed by atoms with E-state index < -0.39 is 23.1 Å². The zero-order valence-electron chi connectivity index (χ0n) is 10.5. The van der Waals surface area contributed by atoms with Crippen molar-refractivity contribution in [2.75, 3.05) is 6.61 Å². The first-order valence-corrected chi connectivity index (χ1v) is 6.14. The van der Waals surface area contributed by atoms with Crippen LogP contribution in [0.25, 0.3) is 0 Å². The normalized spacial score (nSPS) is 13.0. The van der Waals surface area contributed by atoms with Gasteiger partial charge in [-0.25, -0.2) is 0 Å². The molecular formula is C6H16N8O6S. The van der Waals surface area contributed by atoms with Crippen LogP contribution in [0.4, 0.5) is 0 Å². The van der Waals surface area contributed by atoms with Gasteiger partial charge in [-0.05, 0) is 0 Å². The van der Waals surface area contributed by atoms with E-state index in [0.29, 0.717) is 0 Å². The molecular weight excluding hydrogens is 312 g/mol. The van der Waals surface area contributed by atoms with Crippen molar-refractivity contribution in [3.63, 3.8) is 0 Å². The molecule has 0 amide bonds. The molecule has 0 heterocycles. The molecule has 21 heavy (non-hydrogen) atoms. The van der Waals surface area contributed by atoms with Crippen LogP contribution in [0.3, 0.4) is 0 Å². The molecule has 0 aliphatic carbocycles. The lowest BCUT2D eigenvalue weighted by Gasteiger charge is -2.03. The van der Waals surface area contributed by atoms with Crippen LogP contribution in [-0.2, 0) is 10.4 Å². The summed E-state index contributed by atoms with van der Waals surface area (Å²) in [5.41, 5.74) is 20.0. The smallest absolute Gasteiger partial charge is 0.393 e. The van der Waals surface area contributed by atoms with Crippen LogP contribution in [0.15, 0.2) is 20.4 Å². The third kappa shape index (κ3) is 20.2. The number of guanidine groups is 2. The molecule has 0 aromatic carbocycles. The second-order valence-electron chi connectivity index (χ2n) is 2.97. The van der Waals surface area contributed by atoms with Crippen LogP contribution in [-0.4, -0.2) is 64.3 Å². The highest BCUT2D eigenvalue weighted by Gasteiger charge is 2.09. The molecule has 0 bridgehead atoms. The van der Waals surface area contributed by atoms with Crippen molar-refractivity contribution in [1.29, 1.82) is 0 Å². The van der Waals surface area contributed by atoms with E-state index in [4.69, 9.17) is 45.6 Å². The van der Waals surface area contributed by atoms with Crippen LogP contribution in [0, 0.1) is 0 Å². The van der Waals surface area contributed by atoms with Gasteiger partial charge in [-0.1, -0.05) is 0 Å². The molecule has 122 valence electrons. The molecule has 0 saturated heterocycles. The van der Waals surface area contributed by atoms with Gasteiger partial charge in [0.25, 0.3) is 0 Å². The Bertz CT molecular complexity index is 509. The molecule has 1 atom stereocenters. The summed E-state index contributed by atoms with van der Waals surface area (Å²) < 4.78 is 31.6. The molecule has 0 aliphatic rings. The first-order chi connectivity index (χ1) is 9.47. The van der Waals surface area contributed by atoms with Crippen LogP contribution < -0.4 is 22.9 Å². The van der Waals surface area contributed by atoms with Crippen LogP contribution in [0.5, 0.6) is 0 Å². The van der Waals surface area contributed by atoms with Gasteiger partial charge in [-0.2, -0.15) is 13.5 Å². The predicted molar refractivity (Wildman–Crippen MR) is 74.8 cm³/mol. The minimum Gasteiger partial charge on any atom is -0.393 e. The van der Waals surface area contributed by atoms with E-state index in [2.05, 4.69) is 20.4 Å². The zero-order chi connectivity index (χ0) is 17.1. The Hall–Kier alpha value is -2.33. The van der Waals surface area contributed by atoms with Crippen molar-refractivity contribution < 1.29 is 27.7 Å². The number of aliphatic hydroxyl groups is 2. The van der Waals surface area contributed by atoms with Crippen molar-refractivity contribution in [3.8, 4) is 0 Å². The van der Waals surface area contributed by atoms with Gasteiger partial charge in [0.1, 0.15) is 11.8 Å². The van der Waals surface area contributed by atoms with Gasteiger partial charge >= 0.3 is 10.4 Å². The maximum absolute atomic E-state index is 9.26. The van der Waals surface area contributed by atoms with E-state index in [0.717, 1.165) is 6.21 Å². The van der Waals surface area contributed by atoms with E-state index in [1.807, 2.05) is 0 Å². The number of rotatable bonds is 5. The Kier molecular flexibility index (Phi) is 10.4. The standard InChI is InChI=1S/C6H14N8O2.H2O4S/c7-5(8)13-11-1-3(4(16)2-15)12-14-6(9)10;1-5(2,3)4/h1,4,15-16H,2H2,(H4,7,8,13)(H4,9,10,14);(H2,1,2,3,4)/t4-;/m1./s1. The molecule has 14 nitrogen and oxygen atoms in total. The van der Waals surface area contributed by atoms with Crippen molar-refractivity contribution >= 4 is 34.2 Å². The Morgan fingerprint density at radius 2 is 1.48 bits per heavy atom. The summed E-state index contributed by atoms with van der Waals surface area (Å²) in [6.45, 7) is -0.577. The molecule has 0 saturated carbocycles. The Labute approximate surface area is 119 Å². The number of hydrogen-bond donors (Lipinski definition) is 8. The van der Waals surface area contributed by atoms with E-state index in [1.165, 1.54) is 0 Å². The van der Waals surface area contributed by atoms with Crippen LogP contribution >= 0.6 is 0 Å². The molecule has 0 fully saturated rings. The Balaban J connectivity index is 0. The molecule has 0 unspecified atom stereocenters. The van der Waals surface area contributed by atoms with Gasteiger partial charge in [0.2, 0.25) is 11.9 Å². The lowest BCUT2D eigenvalue weighted by molar-refractivity contribution is 0.146. The minimum absolute atomic E-state index is 0.0964. The van der Waals surface area contributed by atoms with Gasteiger partial charge in [0.15, 0.2) is 0 Å². The fourth-order valence-corrected chi connectivity index (χ4v) is 0.542. The first-order valence-electron chi connectivity index (χ1n) is 4.74. The third-order valence-corrected chi connectivity index (χ3v) is 1.16. The molecule has 0 rings (SSSR count). The topological polar surface area (TPSA) is 269 Å². The maximum atomic E-state index is 9.26. The predicted octanol–water partition coefficient (Wildman–Crippen LogP) is -4.42. The molecule has 15 heteroatoms. The van der Waals surface area contributed by atoms with Crippen molar-refractivity contribution in [2.24, 2.45) is 43.3 Å². The first kappa shape index (κ1) is 21.0. The largest absolute Gasteiger partial charge is 0.394 e. The summed E-state index contributed by atoms with van der Waals surface area (Å²) in [7, 11) is -4.67. The Morgan fingerprint density at radius 1 is 1.05 bits per heavy atom. The summed E-state index contributed by atoms with van der Waals surface area (Å²) in [4.78, 5) is 0. The van der Waals surface area contributed by atoms with Crippen LogP contribution in [0.2, 0.25) is 0 Å². The van der Waals surface area contributed by atoms with E-state index in [1.54, 1.807) is 0 Å². The summed E-state index contributed by atoms with van der Waals surface area (Å²) >= 11 is 0. The molecule has 0 radical (unpaired) electrons. The van der Waals surface area contributed by atoms with Crippen molar-refractivity contribution in [2.45, 2.75) is 6.10 Å². The average molecular weight is 328 g/mol. The van der Waals surface area contributed by atoms with Gasteiger partial charge < -0.3 is 33.1 Å². The van der Waals surface area contributed by atoms with E-state index in [9.17, 15) is 5.11 Å². The second-order valence-corrected chi connectivity index (χ2v) is 3.86. The van der Waals surface area contributed by atoms with E-state index >= 15 is 0 Å². The fourth-order valence-electron chi connectivity index (χ4n) is 0.542. The highest BCUT2D eigenvalue weighted by molar-refractivity contribution is 7.79. The molecule has 0 spiro atoms. The number of nitrogens with two attached hydrogens (primary N) is 4. The van der Waals surface area contributed by atoms with Gasteiger partial charge in [-0.3, -0.25) is 9.11 Å². The molecule has 0 aromatic rings. The summed E-state index contributed by atoms with van der Waals surface area (Å²) in [6, 6.07) is 0. The van der Waals surface area contributed by atoms with Crippen LogP contribution in [0.1, 0.15) is 0 Å². The lowest BCUT2D eigenvalue weighted by atomic mass is 10.2. The SMILES string of the molecule is NC(N)=NN=CC(=NN=C(N)N)[C@H](O)CO.O=S(=O)(O)O. The van der Waals surface area contributed by atoms with Gasteiger partial charge in [0, 0.05) is 0 Å². The number of hydrogen-bond acceptors (Lipinski definition) is 8. The summed E-state index contributed by atoms with van der Waals surface area (Å²) in [5, 5.41) is 31.3. The molecule has 12 N–H and O–H groups in total. The number of nitrogens with zero attached hydrogens (tertiary/aromatic N) is 4. The highest BCUT2D eigenvalue weighted by atomic mass is 32.3. The minimum atomic E-state index is -4.67. The average Bonchev–Trinajstić information content (AvgIpc) is 2.29. The second kappa shape index (κ2) is 10.5. The van der Waals surface area contributed by atoms with Crippen molar-refractivity contribution in [1.82, 2.24) is 0 Å². The highest BCUT2D eigenvalue weighted by Crippen LogP contribution is 1.88. The monoisotopic (exact) mass is 328 g/mol. The van der Waals surface area contributed by atoms with E-state index in [-0.39, 0.29) is 17.6 Å². The van der Waals surface area contributed by atoms with Gasteiger partial charge in [-0.15, -0.1) is 15.3 Å². The summed E-state index contributed by atoms with van der Waals surface area (Å²) in [6.07, 6.45) is -0.284. The number of aliphatic hydroxyl groups excluding tert-OH is 2. The lowest BCUT2D eigenvalue weighted by Crippen LogP contribution is -2.27. The maximum Gasteiger partial charge on any atom is 0.394 e. The third-order valence-electron chi connectivity index (χ3n) is 1.16. The fraction of sp³-hybridized carbons (Fsp3) is 0.333. The molecule has 0 aliphatic heterocycles.